The van der Waals surface area contributed by atoms with Gasteiger partial charge >= 0.3 is 7.12 Å². The van der Waals surface area contributed by atoms with Crippen LogP contribution in [0.1, 0.15) is 117 Å². The van der Waals surface area contributed by atoms with Gasteiger partial charge in [-0.1, -0.05) is 112 Å². The van der Waals surface area contributed by atoms with E-state index in [1.54, 1.807) is 0 Å². The lowest BCUT2D eigenvalue weighted by Gasteiger charge is -2.38. The molecule has 6 heteroatoms. The van der Waals surface area contributed by atoms with Gasteiger partial charge in [0.2, 0.25) is 0 Å². The van der Waals surface area contributed by atoms with E-state index < -0.39 is 7.12 Å². The Hall–Kier alpha value is -3.35. The first kappa shape index (κ1) is 33.5. The molecule has 6 atom stereocenters. The fraction of sp³-hybridized carbons (Fsp3) is 0.533. The van der Waals surface area contributed by atoms with Gasteiger partial charge in [0.25, 0.3) is 0 Å². The zero-order chi connectivity index (χ0) is 35.2. The van der Waals surface area contributed by atoms with Crippen molar-refractivity contribution in [2.45, 2.75) is 128 Å². The van der Waals surface area contributed by atoms with E-state index in [2.05, 4.69) is 114 Å². The van der Waals surface area contributed by atoms with E-state index in [4.69, 9.17) is 24.3 Å². The molecule has 0 N–H and O–H groups in total. The van der Waals surface area contributed by atoms with Gasteiger partial charge in [0, 0.05) is 16.7 Å². The number of fused-ring (bicyclic) bond motifs is 4. The Morgan fingerprint density at radius 1 is 0.471 bits per heavy atom. The van der Waals surface area contributed by atoms with E-state index in [1.807, 2.05) is 0 Å². The van der Waals surface area contributed by atoms with Crippen LogP contribution in [0.2, 0.25) is 0 Å². The maximum atomic E-state index is 6.34. The summed E-state index contributed by atoms with van der Waals surface area (Å²) in [5, 5.41) is 0. The van der Waals surface area contributed by atoms with Crippen molar-refractivity contribution in [1.82, 2.24) is 15.0 Å². The highest BCUT2D eigenvalue weighted by atomic mass is 16.7. The van der Waals surface area contributed by atoms with Crippen LogP contribution in [0.4, 0.5) is 0 Å². The molecule has 5 aliphatic rings. The minimum Gasteiger partial charge on any atom is -0.399 e. The van der Waals surface area contributed by atoms with Crippen molar-refractivity contribution >= 4 is 12.6 Å². The minimum atomic E-state index is -0.409. The molecule has 4 saturated carbocycles. The van der Waals surface area contributed by atoms with Crippen molar-refractivity contribution in [2.75, 3.05) is 0 Å². The molecule has 9 rings (SSSR count). The largest absolute Gasteiger partial charge is 0.494 e. The van der Waals surface area contributed by atoms with Crippen LogP contribution in [0.5, 0.6) is 0 Å². The molecule has 4 bridgehead atoms. The molecular formula is C45H54BN3O2. The minimum absolute atomic E-state index is 0.257. The molecule has 0 radical (unpaired) electrons. The number of nitrogens with zero attached hydrogens (tertiary/aromatic N) is 3. The number of aromatic nitrogens is 3. The van der Waals surface area contributed by atoms with E-state index in [9.17, 15) is 0 Å². The van der Waals surface area contributed by atoms with Gasteiger partial charge in [-0.05, 0) is 117 Å². The molecule has 5 fully saturated rings. The van der Waals surface area contributed by atoms with Crippen LogP contribution in [0.25, 0.3) is 34.2 Å². The highest BCUT2D eigenvalue weighted by Crippen LogP contribution is 2.53. The highest BCUT2D eigenvalue weighted by Gasteiger charge is 2.51. The molecule has 51 heavy (non-hydrogen) atoms. The third-order valence-corrected chi connectivity index (χ3v) is 14.3. The second-order valence-electron chi connectivity index (χ2n) is 18.7. The molecular weight excluding hydrogens is 625 g/mol. The van der Waals surface area contributed by atoms with E-state index in [0.29, 0.717) is 17.5 Å². The summed E-state index contributed by atoms with van der Waals surface area (Å²) in [5.74, 6) is 5.66. The fourth-order valence-electron chi connectivity index (χ4n) is 10.9. The Morgan fingerprint density at radius 3 is 1.12 bits per heavy atom. The van der Waals surface area contributed by atoms with Crippen molar-refractivity contribution < 1.29 is 9.31 Å². The van der Waals surface area contributed by atoms with Crippen LogP contribution in [-0.4, -0.2) is 33.3 Å². The van der Waals surface area contributed by atoms with Gasteiger partial charge in [-0.3, -0.25) is 0 Å². The lowest BCUT2D eigenvalue weighted by atomic mass is 9.66. The molecule has 264 valence electrons. The summed E-state index contributed by atoms with van der Waals surface area (Å²) in [7, 11) is -0.409. The Bertz CT molecular complexity index is 1780. The Morgan fingerprint density at radius 2 is 0.784 bits per heavy atom. The summed E-state index contributed by atoms with van der Waals surface area (Å²) in [6, 6.07) is 26.7. The van der Waals surface area contributed by atoms with Crippen molar-refractivity contribution in [2.24, 2.45) is 23.7 Å². The standard InChI is InChI=1S/C45H54BN3O2/c1-42(2)43(3,4)51-46(50-42)38-21-15-35(16-22-38)41-48-39(33-11-17-36(18-12-33)44(5)25-29-7-8-30(23-29)26-44)47-40(49-41)34-13-19-37(20-14-34)45(6)27-31-9-10-32(24-31)28-45/h11-22,29-32H,7-10,23-28H2,1-6H3/t29-,30+,31-,32+,44?,45?. The first-order valence-electron chi connectivity index (χ1n) is 19.8. The molecule has 1 aromatic heterocycles. The molecule has 1 aliphatic heterocycles. The van der Waals surface area contributed by atoms with Crippen molar-refractivity contribution in [3.05, 3.63) is 83.9 Å². The summed E-state index contributed by atoms with van der Waals surface area (Å²) >= 11 is 0. The van der Waals surface area contributed by atoms with Gasteiger partial charge < -0.3 is 9.31 Å². The van der Waals surface area contributed by atoms with Gasteiger partial charge in [0.1, 0.15) is 0 Å². The zero-order valence-corrected chi connectivity index (χ0v) is 31.5. The van der Waals surface area contributed by atoms with E-state index >= 15 is 0 Å². The molecule has 2 heterocycles. The van der Waals surface area contributed by atoms with E-state index in [1.165, 1.54) is 75.3 Å². The number of rotatable bonds is 6. The Balaban J connectivity index is 1.05. The van der Waals surface area contributed by atoms with Crippen LogP contribution in [0.3, 0.4) is 0 Å². The average Bonchev–Trinajstić information content (AvgIpc) is 3.73. The quantitative estimate of drug-likeness (QED) is 0.190. The summed E-state index contributed by atoms with van der Waals surface area (Å²) in [6.45, 7) is 13.3. The Labute approximate surface area is 305 Å². The molecule has 0 spiro atoms. The molecule has 4 aliphatic carbocycles. The van der Waals surface area contributed by atoms with Crippen LogP contribution in [0, 0.1) is 23.7 Å². The molecule has 4 aromatic rings. The molecule has 3 aromatic carbocycles. The fourth-order valence-corrected chi connectivity index (χ4v) is 10.9. The van der Waals surface area contributed by atoms with Crippen LogP contribution in [0.15, 0.2) is 72.8 Å². The lowest BCUT2D eigenvalue weighted by molar-refractivity contribution is 0.00578. The number of benzene rings is 3. The third-order valence-electron chi connectivity index (χ3n) is 14.3. The average molecular weight is 680 g/mol. The molecule has 1 saturated heterocycles. The number of hydrogen-bond donors (Lipinski definition) is 0. The van der Waals surface area contributed by atoms with Crippen molar-refractivity contribution in [1.29, 1.82) is 0 Å². The SMILES string of the molecule is CC1(c2ccc(-c3nc(-c4ccc(B5OC(C)(C)C(C)(C)O5)cc4)nc(-c4ccc(C5(C)C[C@@H]6CC[C@@H](C6)C5)cc4)n3)cc2)C[C@@H]2CC[C@@H](C2)C1. The lowest BCUT2D eigenvalue weighted by Crippen LogP contribution is -2.41. The topological polar surface area (TPSA) is 57.1 Å². The predicted octanol–water partition coefficient (Wildman–Crippen LogP) is 10.1. The summed E-state index contributed by atoms with van der Waals surface area (Å²) in [4.78, 5) is 15.4. The smallest absolute Gasteiger partial charge is 0.399 e. The number of hydrogen-bond acceptors (Lipinski definition) is 5. The summed E-state index contributed by atoms with van der Waals surface area (Å²) in [6.07, 6.45) is 13.7. The zero-order valence-electron chi connectivity index (χ0n) is 31.5. The van der Waals surface area contributed by atoms with Gasteiger partial charge in [0.15, 0.2) is 17.5 Å². The van der Waals surface area contributed by atoms with Crippen LogP contribution >= 0.6 is 0 Å². The van der Waals surface area contributed by atoms with Crippen LogP contribution in [-0.2, 0) is 20.1 Å². The molecule has 5 nitrogen and oxygen atoms in total. The molecule has 0 amide bonds. The highest BCUT2D eigenvalue weighted by molar-refractivity contribution is 6.62. The second-order valence-corrected chi connectivity index (χ2v) is 18.7. The van der Waals surface area contributed by atoms with Gasteiger partial charge in [0.05, 0.1) is 11.2 Å². The normalized spacial score (nSPS) is 32.0. The van der Waals surface area contributed by atoms with Gasteiger partial charge in [-0.2, -0.15) is 0 Å². The van der Waals surface area contributed by atoms with Crippen molar-refractivity contribution in [3.63, 3.8) is 0 Å². The van der Waals surface area contributed by atoms with Gasteiger partial charge in [-0.25, -0.2) is 15.0 Å². The van der Waals surface area contributed by atoms with Gasteiger partial charge in [-0.15, -0.1) is 0 Å². The second kappa shape index (κ2) is 12.1. The maximum Gasteiger partial charge on any atom is 0.494 e. The Kier molecular flexibility index (Phi) is 7.94. The van der Waals surface area contributed by atoms with E-state index in [-0.39, 0.29) is 22.0 Å². The summed E-state index contributed by atoms with van der Waals surface area (Å²) in [5.41, 5.74) is 6.65. The van der Waals surface area contributed by atoms with Crippen LogP contribution < -0.4 is 5.46 Å². The predicted molar refractivity (Wildman–Crippen MR) is 207 cm³/mol. The third kappa shape index (κ3) is 6.08. The first-order chi connectivity index (χ1) is 24.3. The maximum absolute atomic E-state index is 6.34. The summed E-state index contributed by atoms with van der Waals surface area (Å²) < 4.78 is 12.7. The van der Waals surface area contributed by atoms with Crippen molar-refractivity contribution in [3.8, 4) is 34.2 Å². The first-order valence-corrected chi connectivity index (χ1v) is 19.8. The monoisotopic (exact) mass is 679 g/mol. The molecule has 2 unspecified atom stereocenters. The van der Waals surface area contributed by atoms with E-state index in [0.717, 1.165) is 45.8 Å².